The Morgan fingerprint density at radius 3 is 2.39 bits per heavy atom. The van der Waals surface area contributed by atoms with Crippen LogP contribution in [0.4, 0.5) is 5.69 Å². The predicted octanol–water partition coefficient (Wildman–Crippen LogP) is 4.62. The fraction of sp³-hybridized carbons (Fsp3) is 0.118. The summed E-state index contributed by atoms with van der Waals surface area (Å²) >= 11 is 3.89. The van der Waals surface area contributed by atoms with E-state index in [4.69, 9.17) is 4.99 Å². The number of aliphatic hydroxyl groups is 1. The third-order valence-corrected chi connectivity index (χ3v) is 4.82. The van der Waals surface area contributed by atoms with Crippen molar-refractivity contribution in [1.82, 2.24) is 4.57 Å². The summed E-state index contributed by atoms with van der Waals surface area (Å²) in [5.74, 6) is 0. The van der Waals surface area contributed by atoms with Gasteiger partial charge in [-0.05, 0) is 52.4 Å². The van der Waals surface area contributed by atoms with Gasteiger partial charge in [0.1, 0.15) is 0 Å². The van der Waals surface area contributed by atoms with Crippen molar-refractivity contribution in [2.45, 2.75) is 6.54 Å². The van der Waals surface area contributed by atoms with Crippen molar-refractivity contribution in [2.24, 2.45) is 4.99 Å². The highest BCUT2D eigenvalue weighted by atomic mass is 127. The highest BCUT2D eigenvalue weighted by molar-refractivity contribution is 14.1. The number of hydrogen-bond donors (Lipinski definition) is 1. The van der Waals surface area contributed by atoms with E-state index in [0.29, 0.717) is 6.54 Å². The Labute approximate surface area is 163 Å². The van der Waals surface area contributed by atoms with Crippen LogP contribution in [0.1, 0.15) is 0 Å². The van der Waals surface area contributed by atoms with E-state index in [0.717, 1.165) is 21.7 Å². The molecule has 0 aliphatic heterocycles. The van der Waals surface area contributed by atoms with Crippen molar-refractivity contribution in [1.29, 1.82) is 0 Å². The summed E-state index contributed by atoms with van der Waals surface area (Å²) < 4.78 is 3.28. The lowest BCUT2D eigenvalue weighted by Crippen LogP contribution is -2.17. The van der Waals surface area contributed by atoms with Crippen molar-refractivity contribution in [3.8, 4) is 11.3 Å². The van der Waals surface area contributed by atoms with Gasteiger partial charge in [0.25, 0.3) is 0 Å². The molecule has 3 rings (SSSR count). The van der Waals surface area contributed by atoms with E-state index in [9.17, 15) is 5.11 Å². The number of nitrogens with zero attached hydrogens (tertiary/aromatic N) is 2. The first-order valence-electron chi connectivity index (χ1n) is 6.93. The van der Waals surface area contributed by atoms with Gasteiger partial charge in [0.2, 0.25) is 0 Å². The van der Waals surface area contributed by atoms with E-state index >= 15 is 0 Å². The van der Waals surface area contributed by atoms with Gasteiger partial charge in [-0.2, -0.15) is 0 Å². The Morgan fingerprint density at radius 1 is 1.04 bits per heavy atom. The van der Waals surface area contributed by atoms with Gasteiger partial charge in [0, 0.05) is 15.5 Å². The second-order valence-corrected chi connectivity index (χ2v) is 6.82. The summed E-state index contributed by atoms with van der Waals surface area (Å²) in [5.41, 5.74) is 3.15. The summed E-state index contributed by atoms with van der Waals surface area (Å²) in [7, 11) is 0. The summed E-state index contributed by atoms with van der Waals surface area (Å²) in [4.78, 5) is 5.59. The lowest BCUT2D eigenvalue weighted by atomic mass is 10.2. The number of thiazole rings is 1. The molecule has 1 aromatic heterocycles. The minimum absolute atomic E-state index is 0. The van der Waals surface area contributed by atoms with Crippen LogP contribution in [0.5, 0.6) is 0 Å². The molecule has 0 bridgehead atoms. The Kier molecular flexibility index (Phi) is 7.01. The van der Waals surface area contributed by atoms with Crippen molar-refractivity contribution >= 4 is 56.6 Å². The van der Waals surface area contributed by atoms with E-state index in [2.05, 4.69) is 56.8 Å². The first kappa shape index (κ1) is 18.4. The molecule has 0 saturated carbocycles. The SMILES string of the molecule is Br.OCCn1c(-c2ccc(I)cc2)csc1=Nc1ccccc1. The van der Waals surface area contributed by atoms with Crippen molar-refractivity contribution in [2.75, 3.05) is 6.61 Å². The molecule has 1 N–H and O–H groups in total. The van der Waals surface area contributed by atoms with Crippen LogP contribution in [-0.4, -0.2) is 16.3 Å². The molecule has 0 aliphatic rings. The van der Waals surface area contributed by atoms with E-state index in [1.54, 1.807) is 11.3 Å². The zero-order valence-electron chi connectivity index (χ0n) is 12.2. The minimum atomic E-state index is 0. The Morgan fingerprint density at radius 2 is 1.74 bits per heavy atom. The number of benzene rings is 2. The van der Waals surface area contributed by atoms with Crippen LogP contribution < -0.4 is 4.80 Å². The van der Waals surface area contributed by atoms with Crippen LogP contribution in [0.3, 0.4) is 0 Å². The summed E-state index contributed by atoms with van der Waals surface area (Å²) in [5, 5.41) is 11.5. The molecule has 0 amide bonds. The molecule has 0 fully saturated rings. The van der Waals surface area contributed by atoms with Crippen molar-refractivity contribution in [3.63, 3.8) is 0 Å². The van der Waals surface area contributed by atoms with Gasteiger partial charge in [0.05, 0.1) is 18.0 Å². The zero-order valence-corrected chi connectivity index (χ0v) is 16.9. The molecule has 3 nitrogen and oxygen atoms in total. The summed E-state index contributed by atoms with van der Waals surface area (Å²) in [6, 6.07) is 18.3. The van der Waals surface area contributed by atoms with E-state index in [1.165, 1.54) is 3.57 Å². The summed E-state index contributed by atoms with van der Waals surface area (Å²) in [6.07, 6.45) is 0. The quantitative estimate of drug-likeness (QED) is 0.519. The molecule has 1 heterocycles. The van der Waals surface area contributed by atoms with Gasteiger partial charge in [-0.1, -0.05) is 30.3 Å². The van der Waals surface area contributed by atoms with Gasteiger partial charge < -0.3 is 9.67 Å². The van der Waals surface area contributed by atoms with Crippen LogP contribution >= 0.6 is 50.9 Å². The molecule has 0 atom stereocenters. The number of rotatable bonds is 4. The smallest absolute Gasteiger partial charge is 0.190 e. The topological polar surface area (TPSA) is 37.5 Å². The Bertz CT molecular complexity index is 813. The maximum absolute atomic E-state index is 9.38. The largest absolute Gasteiger partial charge is 0.395 e. The second-order valence-electron chi connectivity index (χ2n) is 4.73. The van der Waals surface area contributed by atoms with E-state index < -0.39 is 0 Å². The summed E-state index contributed by atoms with van der Waals surface area (Å²) in [6.45, 7) is 0.632. The first-order valence-corrected chi connectivity index (χ1v) is 8.88. The maximum atomic E-state index is 9.38. The number of aliphatic hydroxyl groups excluding tert-OH is 1. The third-order valence-electron chi connectivity index (χ3n) is 3.24. The molecule has 0 radical (unpaired) electrons. The minimum Gasteiger partial charge on any atom is -0.395 e. The van der Waals surface area contributed by atoms with Gasteiger partial charge in [-0.3, -0.25) is 0 Å². The van der Waals surface area contributed by atoms with Gasteiger partial charge in [0.15, 0.2) is 4.80 Å². The molecule has 0 unspecified atom stereocenters. The molecule has 3 aromatic rings. The van der Waals surface area contributed by atoms with E-state index in [-0.39, 0.29) is 23.6 Å². The molecular formula is C17H16BrIN2OS. The fourth-order valence-corrected chi connectivity index (χ4v) is 3.51. The average Bonchev–Trinajstić information content (AvgIpc) is 2.92. The fourth-order valence-electron chi connectivity index (χ4n) is 2.20. The molecule has 2 aromatic carbocycles. The highest BCUT2D eigenvalue weighted by Gasteiger charge is 2.07. The van der Waals surface area contributed by atoms with Gasteiger partial charge >= 0.3 is 0 Å². The van der Waals surface area contributed by atoms with Crippen LogP contribution in [0.2, 0.25) is 0 Å². The Balaban J connectivity index is 0.00000192. The predicted molar refractivity (Wildman–Crippen MR) is 110 cm³/mol. The molecule has 23 heavy (non-hydrogen) atoms. The van der Waals surface area contributed by atoms with Crippen LogP contribution in [0.15, 0.2) is 65.0 Å². The first-order chi connectivity index (χ1) is 10.8. The third kappa shape index (κ3) is 4.53. The number of para-hydroxylation sites is 1. The molecule has 0 aliphatic carbocycles. The monoisotopic (exact) mass is 502 g/mol. The van der Waals surface area contributed by atoms with Crippen LogP contribution in [-0.2, 0) is 6.54 Å². The van der Waals surface area contributed by atoms with Crippen LogP contribution in [0, 0.1) is 3.57 Å². The highest BCUT2D eigenvalue weighted by Crippen LogP contribution is 2.22. The van der Waals surface area contributed by atoms with Crippen molar-refractivity contribution in [3.05, 3.63) is 68.3 Å². The standard InChI is InChI=1S/C17H15IN2OS.BrH/c18-14-8-6-13(7-9-14)16-12-22-17(20(16)10-11-21)19-15-4-2-1-3-5-15;/h1-9,12,21H,10-11H2;1H. The average molecular weight is 503 g/mol. The molecular weight excluding hydrogens is 487 g/mol. The molecule has 0 saturated heterocycles. The van der Waals surface area contributed by atoms with Gasteiger partial charge in [-0.15, -0.1) is 28.3 Å². The normalized spacial score (nSPS) is 11.3. The van der Waals surface area contributed by atoms with Crippen LogP contribution in [0.25, 0.3) is 11.3 Å². The van der Waals surface area contributed by atoms with Crippen molar-refractivity contribution < 1.29 is 5.11 Å². The lowest BCUT2D eigenvalue weighted by molar-refractivity contribution is 0.275. The number of hydrogen-bond acceptors (Lipinski definition) is 3. The molecule has 120 valence electrons. The second kappa shape index (κ2) is 8.77. The lowest BCUT2D eigenvalue weighted by Gasteiger charge is -2.07. The van der Waals surface area contributed by atoms with E-state index in [1.807, 2.05) is 30.3 Å². The number of halogens is 2. The number of aromatic nitrogens is 1. The van der Waals surface area contributed by atoms with Gasteiger partial charge in [-0.25, -0.2) is 4.99 Å². The molecule has 6 heteroatoms. The maximum Gasteiger partial charge on any atom is 0.190 e. The molecule has 0 spiro atoms. The Hall–Kier alpha value is -0.960. The zero-order chi connectivity index (χ0) is 15.4.